The standard InChI is InChI=1S/C19H24N2O/c1-4-15-10-8-11-16(5-2)19(15)21-18(22)13-20-17-12-7-6-9-14(17)3/h6-12,20H,4-5,13H2,1-3H3,(H,21,22). The largest absolute Gasteiger partial charge is 0.376 e. The van der Waals surface area contributed by atoms with Gasteiger partial charge < -0.3 is 10.6 Å². The van der Waals surface area contributed by atoms with Crippen LogP contribution in [0.3, 0.4) is 0 Å². The Morgan fingerprint density at radius 2 is 1.59 bits per heavy atom. The number of para-hydroxylation sites is 2. The number of aryl methyl sites for hydroxylation is 3. The van der Waals surface area contributed by atoms with Gasteiger partial charge >= 0.3 is 0 Å². The minimum atomic E-state index is -0.0150. The van der Waals surface area contributed by atoms with Crippen LogP contribution in [0.4, 0.5) is 11.4 Å². The molecule has 0 bridgehead atoms. The summed E-state index contributed by atoms with van der Waals surface area (Å²) in [5.41, 5.74) is 5.48. The van der Waals surface area contributed by atoms with Crippen molar-refractivity contribution in [2.24, 2.45) is 0 Å². The first kappa shape index (κ1) is 16.1. The van der Waals surface area contributed by atoms with E-state index in [-0.39, 0.29) is 12.5 Å². The van der Waals surface area contributed by atoms with Crippen molar-refractivity contribution in [1.82, 2.24) is 0 Å². The van der Waals surface area contributed by atoms with Gasteiger partial charge in [0.1, 0.15) is 0 Å². The summed E-state index contributed by atoms with van der Waals surface area (Å²) in [7, 11) is 0. The molecule has 2 aromatic rings. The van der Waals surface area contributed by atoms with E-state index in [4.69, 9.17) is 0 Å². The van der Waals surface area contributed by atoms with E-state index in [9.17, 15) is 4.79 Å². The summed E-state index contributed by atoms with van der Waals surface area (Å²) in [5, 5.41) is 6.27. The maximum atomic E-state index is 12.3. The zero-order valence-corrected chi connectivity index (χ0v) is 13.6. The summed E-state index contributed by atoms with van der Waals surface area (Å²) >= 11 is 0. The highest BCUT2D eigenvalue weighted by Gasteiger charge is 2.10. The van der Waals surface area contributed by atoms with Gasteiger partial charge in [0.05, 0.1) is 6.54 Å². The molecule has 3 nitrogen and oxygen atoms in total. The highest BCUT2D eigenvalue weighted by atomic mass is 16.1. The van der Waals surface area contributed by atoms with Crippen LogP contribution >= 0.6 is 0 Å². The first-order valence-electron chi connectivity index (χ1n) is 7.85. The van der Waals surface area contributed by atoms with Crippen LogP contribution in [-0.4, -0.2) is 12.5 Å². The number of amides is 1. The number of rotatable bonds is 6. The zero-order chi connectivity index (χ0) is 15.9. The summed E-state index contributed by atoms with van der Waals surface area (Å²) in [6, 6.07) is 14.2. The van der Waals surface area contributed by atoms with Crippen LogP contribution in [0.1, 0.15) is 30.5 Å². The lowest BCUT2D eigenvalue weighted by Gasteiger charge is -2.15. The SMILES string of the molecule is CCc1cccc(CC)c1NC(=O)CNc1ccccc1C. The summed E-state index contributed by atoms with van der Waals surface area (Å²) in [4.78, 5) is 12.3. The molecule has 22 heavy (non-hydrogen) atoms. The molecule has 0 atom stereocenters. The van der Waals surface area contributed by atoms with Gasteiger partial charge in [0, 0.05) is 11.4 Å². The van der Waals surface area contributed by atoms with Crippen LogP contribution in [0, 0.1) is 6.92 Å². The summed E-state index contributed by atoms with van der Waals surface area (Å²) < 4.78 is 0. The van der Waals surface area contributed by atoms with Crippen molar-refractivity contribution in [2.75, 3.05) is 17.2 Å². The molecular weight excluding hydrogens is 272 g/mol. The van der Waals surface area contributed by atoms with E-state index in [1.807, 2.05) is 31.2 Å². The number of nitrogens with one attached hydrogen (secondary N) is 2. The van der Waals surface area contributed by atoms with Crippen LogP contribution in [0.15, 0.2) is 42.5 Å². The molecule has 0 aliphatic rings. The third-order valence-corrected chi connectivity index (χ3v) is 3.85. The predicted octanol–water partition coefficient (Wildman–Crippen LogP) is 4.17. The van der Waals surface area contributed by atoms with E-state index in [0.29, 0.717) is 0 Å². The van der Waals surface area contributed by atoms with Gasteiger partial charge in [0.25, 0.3) is 0 Å². The molecule has 0 aromatic heterocycles. The quantitative estimate of drug-likeness (QED) is 0.840. The molecule has 0 saturated carbocycles. The van der Waals surface area contributed by atoms with Crippen LogP contribution < -0.4 is 10.6 Å². The number of hydrogen-bond acceptors (Lipinski definition) is 2. The average Bonchev–Trinajstić information content (AvgIpc) is 2.54. The Morgan fingerprint density at radius 3 is 2.18 bits per heavy atom. The van der Waals surface area contributed by atoms with Gasteiger partial charge in [-0.15, -0.1) is 0 Å². The second kappa shape index (κ2) is 7.64. The van der Waals surface area contributed by atoms with Crippen molar-refractivity contribution >= 4 is 17.3 Å². The van der Waals surface area contributed by atoms with Gasteiger partial charge in [-0.1, -0.05) is 50.2 Å². The maximum Gasteiger partial charge on any atom is 0.243 e. The topological polar surface area (TPSA) is 41.1 Å². The molecule has 2 aromatic carbocycles. The van der Waals surface area contributed by atoms with Gasteiger partial charge in [0.2, 0.25) is 5.91 Å². The van der Waals surface area contributed by atoms with Gasteiger partial charge in [-0.25, -0.2) is 0 Å². The van der Waals surface area contributed by atoms with Crippen LogP contribution in [0.25, 0.3) is 0 Å². The van der Waals surface area contributed by atoms with Crippen LogP contribution in [0.5, 0.6) is 0 Å². The second-order valence-electron chi connectivity index (χ2n) is 5.38. The van der Waals surface area contributed by atoms with Gasteiger partial charge in [-0.05, 0) is 42.5 Å². The highest BCUT2D eigenvalue weighted by molar-refractivity contribution is 5.95. The lowest BCUT2D eigenvalue weighted by atomic mass is 10.0. The van der Waals surface area contributed by atoms with Crippen molar-refractivity contribution in [2.45, 2.75) is 33.6 Å². The smallest absolute Gasteiger partial charge is 0.243 e. The van der Waals surface area contributed by atoms with Gasteiger partial charge in [-0.2, -0.15) is 0 Å². The van der Waals surface area contributed by atoms with Crippen molar-refractivity contribution in [3.8, 4) is 0 Å². The number of carbonyl (C=O) groups excluding carboxylic acids is 1. The average molecular weight is 296 g/mol. The Bertz CT molecular complexity index is 627. The van der Waals surface area contributed by atoms with E-state index in [1.165, 1.54) is 11.1 Å². The minimum Gasteiger partial charge on any atom is -0.376 e. The molecule has 0 saturated heterocycles. The third kappa shape index (κ3) is 3.88. The first-order chi connectivity index (χ1) is 10.7. The Hall–Kier alpha value is -2.29. The Kier molecular flexibility index (Phi) is 5.59. The fraction of sp³-hybridized carbons (Fsp3) is 0.316. The van der Waals surface area contributed by atoms with Crippen molar-refractivity contribution in [1.29, 1.82) is 0 Å². The molecule has 3 heteroatoms. The molecule has 116 valence electrons. The highest BCUT2D eigenvalue weighted by Crippen LogP contribution is 2.22. The third-order valence-electron chi connectivity index (χ3n) is 3.85. The van der Waals surface area contributed by atoms with Crippen molar-refractivity contribution in [3.63, 3.8) is 0 Å². The Labute approximate surface area is 132 Å². The van der Waals surface area contributed by atoms with E-state index >= 15 is 0 Å². The van der Waals surface area contributed by atoms with Crippen LogP contribution in [0.2, 0.25) is 0 Å². The maximum absolute atomic E-state index is 12.3. The van der Waals surface area contributed by atoms with Gasteiger partial charge in [-0.3, -0.25) is 4.79 Å². The molecule has 0 spiro atoms. The van der Waals surface area contributed by atoms with E-state index < -0.39 is 0 Å². The summed E-state index contributed by atoms with van der Waals surface area (Å²) in [6.07, 6.45) is 1.82. The minimum absolute atomic E-state index is 0.0150. The van der Waals surface area contributed by atoms with E-state index in [1.54, 1.807) is 0 Å². The molecule has 0 aliphatic carbocycles. The molecule has 0 heterocycles. The lowest BCUT2D eigenvalue weighted by Crippen LogP contribution is -2.23. The molecule has 2 rings (SSSR count). The Morgan fingerprint density at radius 1 is 0.955 bits per heavy atom. The molecule has 0 unspecified atom stereocenters. The zero-order valence-electron chi connectivity index (χ0n) is 13.6. The first-order valence-corrected chi connectivity index (χ1v) is 7.85. The monoisotopic (exact) mass is 296 g/mol. The van der Waals surface area contributed by atoms with Crippen molar-refractivity contribution in [3.05, 3.63) is 59.2 Å². The molecule has 1 amide bonds. The van der Waals surface area contributed by atoms with E-state index in [2.05, 4.69) is 42.7 Å². The number of anilines is 2. The number of carbonyl (C=O) groups is 1. The molecular formula is C19H24N2O. The molecule has 0 fully saturated rings. The lowest BCUT2D eigenvalue weighted by molar-refractivity contribution is -0.114. The molecule has 2 N–H and O–H groups in total. The number of hydrogen-bond donors (Lipinski definition) is 2. The van der Waals surface area contributed by atoms with Crippen LogP contribution in [-0.2, 0) is 17.6 Å². The molecule has 0 radical (unpaired) electrons. The predicted molar refractivity (Wildman–Crippen MR) is 93.5 cm³/mol. The molecule has 0 aliphatic heterocycles. The second-order valence-corrected chi connectivity index (χ2v) is 5.38. The Balaban J connectivity index is 2.05. The van der Waals surface area contributed by atoms with Gasteiger partial charge in [0.15, 0.2) is 0 Å². The normalized spacial score (nSPS) is 10.3. The van der Waals surface area contributed by atoms with E-state index in [0.717, 1.165) is 29.8 Å². The summed E-state index contributed by atoms with van der Waals surface area (Å²) in [5.74, 6) is -0.0150. The van der Waals surface area contributed by atoms with Crippen molar-refractivity contribution < 1.29 is 4.79 Å². The summed E-state index contributed by atoms with van der Waals surface area (Å²) in [6.45, 7) is 6.51. The fourth-order valence-electron chi connectivity index (χ4n) is 2.53. The fourth-order valence-corrected chi connectivity index (χ4v) is 2.53. The number of benzene rings is 2.